The molecule has 0 aliphatic carbocycles. The standard InChI is InChI=1S/C10H14N2O2S2/c1-12(16(2,13)14)7-9-6-10(15-8-9)4-3-5-11/h6,8H,5,7,11H2,1-2H3. The number of hydrogen-bond acceptors (Lipinski definition) is 4. The molecule has 16 heavy (non-hydrogen) atoms. The first-order chi connectivity index (χ1) is 7.43. The van der Waals surface area contributed by atoms with E-state index < -0.39 is 10.0 Å². The van der Waals surface area contributed by atoms with Crippen LogP contribution < -0.4 is 5.73 Å². The summed E-state index contributed by atoms with van der Waals surface area (Å²) in [5.74, 6) is 5.67. The molecule has 0 fully saturated rings. The molecule has 0 radical (unpaired) electrons. The molecule has 1 rings (SSSR count). The second kappa shape index (κ2) is 5.46. The molecule has 1 aromatic rings. The van der Waals surface area contributed by atoms with Gasteiger partial charge in [0.05, 0.1) is 17.7 Å². The monoisotopic (exact) mass is 258 g/mol. The lowest BCUT2D eigenvalue weighted by Gasteiger charge is -2.12. The topological polar surface area (TPSA) is 63.4 Å². The first-order valence-electron chi connectivity index (χ1n) is 4.61. The molecule has 0 aromatic carbocycles. The molecule has 6 heteroatoms. The SMILES string of the molecule is CN(Cc1csc(C#CCN)c1)S(C)(=O)=O. The van der Waals surface area contributed by atoms with Crippen molar-refractivity contribution in [1.29, 1.82) is 0 Å². The molecule has 0 saturated carbocycles. The maximum absolute atomic E-state index is 11.2. The molecule has 0 unspecified atom stereocenters. The maximum atomic E-state index is 11.2. The summed E-state index contributed by atoms with van der Waals surface area (Å²) in [6.07, 6.45) is 1.19. The summed E-state index contributed by atoms with van der Waals surface area (Å²) in [7, 11) is -1.57. The highest BCUT2D eigenvalue weighted by Crippen LogP contribution is 2.15. The molecule has 2 N–H and O–H groups in total. The van der Waals surface area contributed by atoms with Gasteiger partial charge < -0.3 is 5.73 Å². The van der Waals surface area contributed by atoms with E-state index in [4.69, 9.17) is 5.73 Å². The highest BCUT2D eigenvalue weighted by Gasteiger charge is 2.11. The van der Waals surface area contributed by atoms with Gasteiger partial charge in [-0.3, -0.25) is 0 Å². The van der Waals surface area contributed by atoms with Crippen molar-refractivity contribution in [3.8, 4) is 11.8 Å². The Morgan fingerprint density at radius 1 is 1.56 bits per heavy atom. The molecule has 0 aliphatic rings. The molecule has 0 aliphatic heterocycles. The van der Waals surface area contributed by atoms with Crippen LogP contribution in [0.4, 0.5) is 0 Å². The Hall–Kier alpha value is -0.870. The van der Waals surface area contributed by atoms with Crippen molar-refractivity contribution in [1.82, 2.24) is 4.31 Å². The van der Waals surface area contributed by atoms with Crippen LogP contribution in [0.15, 0.2) is 11.4 Å². The highest BCUT2D eigenvalue weighted by molar-refractivity contribution is 7.88. The van der Waals surface area contributed by atoms with E-state index in [1.165, 1.54) is 21.9 Å². The lowest BCUT2D eigenvalue weighted by molar-refractivity contribution is 0.472. The van der Waals surface area contributed by atoms with Crippen molar-refractivity contribution in [2.24, 2.45) is 5.73 Å². The molecule has 1 aromatic heterocycles. The molecule has 88 valence electrons. The van der Waals surface area contributed by atoms with Gasteiger partial charge in [0.15, 0.2) is 0 Å². The summed E-state index contributed by atoms with van der Waals surface area (Å²) in [5, 5.41) is 1.90. The van der Waals surface area contributed by atoms with Gasteiger partial charge in [-0.1, -0.05) is 11.8 Å². The fourth-order valence-corrected chi connectivity index (χ4v) is 2.19. The third-order valence-corrected chi connectivity index (χ3v) is 4.09. The fraction of sp³-hybridized carbons (Fsp3) is 0.400. The number of thiophene rings is 1. The van der Waals surface area contributed by atoms with E-state index in [0.717, 1.165) is 10.4 Å². The first-order valence-corrected chi connectivity index (χ1v) is 7.34. The second-order valence-electron chi connectivity index (χ2n) is 3.34. The highest BCUT2D eigenvalue weighted by atomic mass is 32.2. The lowest BCUT2D eigenvalue weighted by Crippen LogP contribution is -2.24. The van der Waals surface area contributed by atoms with Crippen LogP contribution in [0.5, 0.6) is 0 Å². The van der Waals surface area contributed by atoms with Gasteiger partial charge in [-0.25, -0.2) is 12.7 Å². The van der Waals surface area contributed by atoms with Crippen molar-refractivity contribution in [3.05, 3.63) is 21.9 Å². The van der Waals surface area contributed by atoms with Gasteiger partial charge in [0.25, 0.3) is 0 Å². The van der Waals surface area contributed by atoms with Gasteiger partial charge in [0, 0.05) is 13.6 Å². The van der Waals surface area contributed by atoms with E-state index in [2.05, 4.69) is 11.8 Å². The van der Waals surface area contributed by atoms with E-state index in [1.807, 2.05) is 11.4 Å². The van der Waals surface area contributed by atoms with Gasteiger partial charge >= 0.3 is 0 Å². The van der Waals surface area contributed by atoms with E-state index >= 15 is 0 Å². The van der Waals surface area contributed by atoms with Crippen LogP contribution >= 0.6 is 11.3 Å². The van der Waals surface area contributed by atoms with Crippen LogP contribution in [0.1, 0.15) is 10.4 Å². The van der Waals surface area contributed by atoms with Crippen LogP contribution in [0.25, 0.3) is 0 Å². The smallest absolute Gasteiger partial charge is 0.211 e. The van der Waals surface area contributed by atoms with E-state index in [0.29, 0.717) is 13.1 Å². The van der Waals surface area contributed by atoms with Gasteiger partial charge in [0.1, 0.15) is 0 Å². The van der Waals surface area contributed by atoms with E-state index in [9.17, 15) is 8.42 Å². The molecule has 0 atom stereocenters. The van der Waals surface area contributed by atoms with Crippen molar-refractivity contribution in [3.63, 3.8) is 0 Å². The number of nitrogens with two attached hydrogens (primary N) is 1. The van der Waals surface area contributed by atoms with Gasteiger partial charge in [-0.2, -0.15) is 0 Å². The summed E-state index contributed by atoms with van der Waals surface area (Å²) >= 11 is 1.49. The van der Waals surface area contributed by atoms with E-state index in [-0.39, 0.29) is 0 Å². The van der Waals surface area contributed by atoms with Gasteiger partial charge in [-0.05, 0) is 17.0 Å². The summed E-state index contributed by atoms with van der Waals surface area (Å²) in [4.78, 5) is 0.905. The Kier molecular flexibility index (Phi) is 4.50. The normalized spacial score (nSPS) is 11.2. The molecule has 0 bridgehead atoms. The summed E-state index contributed by atoms with van der Waals surface area (Å²) < 4.78 is 23.7. The molecular weight excluding hydrogens is 244 g/mol. The van der Waals surface area contributed by atoms with Gasteiger partial charge in [0.2, 0.25) is 10.0 Å². The fourth-order valence-electron chi connectivity index (χ4n) is 1.04. The van der Waals surface area contributed by atoms with Crippen LogP contribution in [-0.4, -0.2) is 32.6 Å². The minimum absolute atomic E-state index is 0.330. The third kappa shape index (κ3) is 3.94. The number of nitrogens with zero attached hydrogens (tertiary/aromatic N) is 1. The molecule has 0 spiro atoms. The molecule has 4 nitrogen and oxygen atoms in total. The minimum atomic E-state index is -3.13. The Bertz CT molecular complexity index is 508. The average molecular weight is 258 g/mol. The van der Waals surface area contributed by atoms with Crippen molar-refractivity contribution in [2.75, 3.05) is 19.8 Å². The summed E-state index contributed by atoms with van der Waals surface area (Å²) in [5.41, 5.74) is 6.21. The largest absolute Gasteiger partial charge is 0.320 e. The predicted molar refractivity (Wildman–Crippen MR) is 66.6 cm³/mol. The molecular formula is C10H14N2O2S2. The van der Waals surface area contributed by atoms with E-state index in [1.54, 1.807) is 7.05 Å². The average Bonchev–Trinajstić information content (AvgIpc) is 2.61. The van der Waals surface area contributed by atoms with Crippen LogP contribution in [0.2, 0.25) is 0 Å². The summed E-state index contributed by atoms with van der Waals surface area (Å²) in [6.45, 7) is 0.704. The van der Waals surface area contributed by atoms with Crippen molar-refractivity contribution in [2.45, 2.75) is 6.54 Å². The Labute approximate surface area is 100 Å². The number of rotatable bonds is 3. The molecule has 0 saturated heterocycles. The third-order valence-electron chi connectivity index (χ3n) is 1.94. The van der Waals surface area contributed by atoms with Crippen molar-refractivity contribution >= 4 is 21.4 Å². The number of sulfonamides is 1. The Morgan fingerprint density at radius 2 is 2.25 bits per heavy atom. The Morgan fingerprint density at radius 3 is 2.81 bits per heavy atom. The van der Waals surface area contributed by atoms with Crippen LogP contribution in [0.3, 0.4) is 0 Å². The quantitative estimate of drug-likeness (QED) is 0.801. The second-order valence-corrected chi connectivity index (χ2v) is 6.34. The van der Waals surface area contributed by atoms with Gasteiger partial charge in [-0.15, -0.1) is 11.3 Å². The Balaban J connectivity index is 2.73. The summed E-state index contributed by atoms with van der Waals surface area (Å²) in [6, 6.07) is 1.88. The van der Waals surface area contributed by atoms with Crippen LogP contribution in [0, 0.1) is 11.8 Å². The lowest BCUT2D eigenvalue weighted by atomic mass is 10.3. The zero-order valence-electron chi connectivity index (χ0n) is 9.23. The predicted octanol–water partition coefficient (Wildman–Crippen LogP) is 0.450. The molecule has 0 amide bonds. The maximum Gasteiger partial charge on any atom is 0.211 e. The van der Waals surface area contributed by atoms with Crippen molar-refractivity contribution < 1.29 is 8.42 Å². The minimum Gasteiger partial charge on any atom is -0.320 e. The zero-order valence-corrected chi connectivity index (χ0v) is 10.9. The van der Waals surface area contributed by atoms with Crippen LogP contribution in [-0.2, 0) is 16.6 Å². The zero-order chi connectivity index (χ0) is 12.2. The first kappa shape index (κ1) is 13.2. The number of hydrogen-bond donors (Lipinski definition) is 1. The molecule has 1 heterocycles.